The molecule has 0 aromatic heterocycles. The van der Waals surface area contributed by atoms with Crippen molar-refractivity contribution in [2.75, 3.05) is 42.7 Å². The molecule has 1 fully saturated rings. The molecule has 0 spiro atoms. The molecule has 24 heavy (non-hydrogen) atoms. The number of rotatable bonds is 10. The summed E-state index contributed by atoms with van der Waals surface area (Å²) in [5, 5.41) is 0. The van der Waals surface area contributed by atoms with Crippen molar-refractivity contribution in [3.63, 3.8) is 0 Å². The molecule has 2 unspecified atom stereocenters. The minimum atomic E-state index is -2.80. The van der Waals surface area contributed by atoms with Crippen molar-refractivity contribution in [3.05, 3.63) is 0 Å². The Morgan fingerprint density at radius 1 is 0.583 bits per heavy atom. The van der Waals surface area contributed by atoms with Crippen molar-refractivity contribution in [1.82, 2.24) is 0 Å². The minimum Gasteiger partial charge on any atom is -0.377 e. The van der Waals surface area contributed by atoms with Gasteiger partial charge in [0.25, 0.3) is 0 Å². The van der Waals surface area contributed by atoms with E-state index in [4.69, 9.17) is 26.6 Å². The Balaban J connectivity index is 3.37. The maximum absolute atomic E-state index is 5.83. The van der Waals surface area contributed by atoms with E-state index in [1.165, 1.54) is 19.3 Å². The van der Waals surface area contributed by atoms with Crippen LogP contribution in [0.15, 0.2) is 0 Å². The Kier molecular flexibility index (Phi) is 8.55. The molecule has 0 aliphatic heterocycles. The number of hydrogen-bond donors (Lipinski definition) is 0. The first-order chi connectivity index (χ1) is 11.4. The van der Waals surface area contributed by atoms with Crippen LogP contribution in [0.25, 0.3) is 0 Å². The van der Waals surface area contributed by atoms with Crippen LogP contribution in [-0.2, 0) is 26.6 Å². The average molecular weight is 381 g/mol. The van der Waals surface area contributed by atoms with Crippen LogP contribution in [0, 0.1) is 5.41 Å². The van der Waals surface area contributed by atoms with Crippen LogP contribution < -0.4 is 0 Å². The monoisotopic (exact) mass is 380 g/mol. The summed E-state index contributed by atoms with van der Waals surface area (Å²) in [5.74, 6) is 0. The zero-order valence-electron chi connectivity index (χ0n) is 16.6. The highest BCUT2D eigenvalue weighted by atomic mass is 28.4. The fraction of sp³-hybridized carbons (Fsp3) is 1.00. The second kappa shape index (κ2) is 9.22. The molecule has 144 valence electrons. The lowest BCUT2D eigenvalue weighted by molar-refractivity contribution is 0.0351. The highest BCUT2D eigenvalue weighted by Gasteiger charge is 2.63. The fourth-order valence-electron chi connectivity index (χ4n) is 4.72. The van der Waals surface area contributed by atoms with Crippen LogP contribution in [0.4, 0.5) is 0 Å². The summed E-state index contributed by atoms with van der Waals surface area (Å²) in [6.45, 7) is 4.40. The molecule has 0 bridgehead atoms. The first-order valence-corrected chi connectivity index (χ1v) is 12.3. The molecule has 0 aromatic rings. The van der Waals surface area contributed by atoms with Crippen LogP contribution >= 0.6 is 0 Å². The molecule has 0 amide bonds. The van der Waals surface area contributed by atoms with Crippen LogP contribution in [0.5, 0.6) is 0 Å². The van der Waals surface area contributed by atoms with Gasteiger partial charge in [-0.05, 0) is 18.3 Å². The van der Waals surface area contributed by atoms with Gasteiger partial charge < -0.3 is 26.6 Å². The average Bonchev–Trinajstić information content (AvgIpc) is 2.65. The van der Waals surface area contributed by atoms with Gasteiger partial charge in [0.1, 0.15) is 0 Å². The minimum absolute atomic E-state index is 0.0548. The third-order valence-corrected chi connectivity index (χ3v) is 13.0. The van der Waals surface area contributed by atoms with Crippen LogP contribution in [0.2, 0.25) is 11.1 Å². The van der Waals surface area contributed by atoms with Gasteiger partial charge in [-0.3, -0.25) is 0 Å². The lowest BCUT2D eigenvalue weighted by Gasteiger charge is -2.52. The van der Waals surface area contributed by atoms with E-state index in [2.05, 4.69) is 13.8 Å². The summed E-state index contributed by atoms with van der Waals surface area (Å²) in [6, 6.07) is 0. The van der Waals surface area contributed by atoms with E-state index in [-0.39, 0.29) is 16.5 Å². The van der Waals surface area contributed by atoms with Crippen molar-refractivity contribution in [2.24, 2.45) is 5.41 Å². The summed E-state index contributed by atoms with van der Waals surface area (Å²) < 4.78 is 35.0. The number of hydrogen-bond acceptors (Lipinski definition) is 6. The van der Waals surface area contributed by atoms with E-state index < -0.39 is 17.6 Å². The van der Waals surface area contributed by atoms with Gasteiger partial charge in [-0.15, -0.1) is 0 Å². The van der Waals surface area contributed by atoms with Gasteiger partial charge in [-0.1, -0.05) is 33.1 Å². The molecule has 1 saturated carbocycles. The molecule has 0 aromatic carbocycles. The smallest absolute Gasteiger partial charge is 0.377 e. The van der Waals surface area contributed by atoms with Crippen molar-refractivity contribution in [2.45, 2.75) is 57.0 Å². The normalized spacial score (nSPS) is 21.5. The highest BCUT2D eigenvalue weighted by molar-refractivity contribution is 6.64. The van der Waals surface area contributed by atoms with Crippen molar-refractivity contribution in [3.8, 4) is 0 Å². The van der Waals surface area contributed by atoms with Gasteiger partial charge in [0, 0.05) is 53.7 Å². The van der Waals surface area contributed by atoms with Gasteiger partial charge in [0.05, 0.1) is 0 Å². The summed E-state index contributed by atoms with van der Waals surface area (Å²) in [7, 11) is 4.50. The molecule has 0 N–H and O–H groups in total. The largest absolute Gasteiger partial charge is 0.503 e. The second-order valence-corrected chi connectivity index (χ2v) is 13.3. The van der Waals surface area contributed by atoms with E-state index in [1.54, 1.807) is 42.7 Å². The summed E-state index contributed by atoms with van der Waals surface area (Å²) >= 11 is 0. The molecule has 1 aliphatic carbocycles. The lowest BCUT2D eigenvalue weighted by atomic mass is 9.69. The quantitative estimate of drug-likeness (QED) is 0.541. The Morgan fingerprint density at radius 2 is 0.875 bits per heavy atom. The summed E-state index contributed by atoms with van der Waals surface area (Å²) in [4.78, 5) is 0. The zero-order valence-corrected chi connectivity index (χ0v) is 18.6. The molecular formula is C16H36O6Si2. The van der Waals surface area contributed by atoms with E-state index in [0.29, 0.717) is 0 Å². The fourth-order valence-corrected chi connectivity index (χ4v) is 10.5. The molecule has 1 rings (SSSR count). The third kappa shape index (κ3) is 3.66. The Morgan fingerprint density at radius 3 is 1.12 bits per heavy atom. The van der Waals surface area contributed by atoms with E-state index in [1.807, 2.05) is 0 Å². The molecular weight excluding hydrogens is 344 g/mol. The third-order valence-electron chi connectivity index (χ3n) is 6.28. The topological polar surface area (TPSA) is 55.4 Å². The molecule has 0 radical (unpaired) electrons. The van der Waals surface area contributed by atoms with Crippen molar-refractivity contribution < 1.29 is 26.6 Å². The highest BCUT2D eigenvalue weighted by Crippen LogP contribution is 2.59. The molecule has 8 heteroatoms. The maximum atomic E-state index is 5.83. The van der Waals surface area contributed by atoms with E-state index in [9.17, 15) is 0 Å². The Labute approximate surface area is 149 Å². The maximum Gasteiger partial charge on any atom is 0.503 e. The Bertz CT molecular complexity index is 323. The summed E-state index contributed by atoms with van der Waals surface area (Å²) in [5.41, 5.74) is 0.182. The second-order valence-electron chi connectivity index (χ2n) is 6.67. The van der Waals surface area contributed by atoms with Crippen LogP contribution in [0.3, 0.4) is 0 Å². The van der Waals surface area contributed by atoms with Gasteiger partial charge in [-0.2, -0.15) is 0 Å². The summed E-state index contributed by atoms with van der Waals surface area (Å²) in [6.07, 6.45) is 5.76. The first-order valence-electron chi connectivity index (χ1n) is 8.69. The van der Waals surface area contributed by atoms with Crippen LogP contribution in [0.1, 0.15) is 46.0 Å². The molecule has 2 atom stereocenters. The molecule has 0 saturated heterocycles. The van der Waals surface area contributed by atoms with Gasteiger partial charge in [0.15, 0.2) is 0 Å². The SMILES string of the molecule is CO[Si](OC)(OC)C(C)C1(C(C)[Si](OC)(OC)OC)CCCCC1. The van der Waals surface area contributed by atoms with Crippen molar-refractivity contribution >= 4 is 17.6 Å². The lowest BCUT2D eigenvalue weighted by Crippen LogP contribution is -2.59. The molecule has 0 heterocycles. The zero-order chi connectivity index (χ0) is 18.4. The van der Waals surface area contributed by atoms with Gasteiger partial charge >= 0.3 is 17.6 Å². The molecule has 6 nitrogen and oxygen atoms in total. The first kappa shape index (κ1) is 22.2. The van der Waals surface area contributed by atoms with Crippen LogP contribution in [-0.4, -0.2) is 60.3 Å². The van der Waals surface area contributed by atoms with Crippen molar-refractivity contribution in [1.29, 1.82) is 0 Å². The predicted molar refractivity (Wildman–Crippen MR) is 97.9 cm³/mol. The van der Waals surface area contributed by atoms with Gasteiger partial charge in [0.2, 0.25) is 0 Å². The van der Waals surface area contributed by atoms with E-state index >= 15 is 0 Å². The predicted octanol–water partition coefficient (Wildman–Crippen LogP) is 3.47. The standard InChI is InChI=1S/C16H36O6Si2/c1-14(23(17-3,18-4)19-5)16(12-10-9-11-13-16)15(2)24(20-6,21-7)22-8/h14-15H,9-13H2,1-8H3. The Hall–Kier alpha value is 0.194. The molecule has 1 aliphatic rings. The van der Waals surface area contributed by atoms with E-state index in [0.717, 1.165) is 12.8 Å². The van der Waals surface area contributed by atoms with Gasteiger partial charge in [-0.25, -0.2) is 0 Å².